The minimum atomic E-state index is -0.241. The Kier molecular flexibility index (Phi) is 7.39. The van der Waals surface area contributed by atoms with E-state index in [-0.39, 0.29) is 16.3 Å². The molecule has 0 aliphatic rings. The van der Waals surface area contributed by atoms with E-state index in [4.69, 9.17) is 44.5 Å². The molecule has 2 aromatic carbocycles. The first-order chi connectivity index (χ1) is 12.3. The van der Waals surface area contributed by atoms with Crippen molar-refractivity contribution in [3.8, 4) is 11.5 Å². The van der Waals surface area contributed by atoms with Crippen molar-refractivity contribution in [2.45, 2.75) is 26.3 Å². The summed E-state index contributed by atoms with van der Waals surface area (Å²) in [5.41, 5.74) is 4.09. The van der Waals surface area contributed by atoms with Crippen molar-refractivity contribution in [2.75, 3.05) is 7.11 Å². The van der Waals surface area contributed by atoms with Gasteiger partial charge in [0.1, 0.15) is 4.49 Å². The van der Waals surface area contributed by atoms with Gasteiger partial charge >= 0.3 is 0 Å². The van der Waals surface area contributed by atoms with Crippen molar-refractivity contribution in [3.63, 3.8) is 0 Å². The number of ether oxygens (including phenoxy) is 1. The molecule has 1 atom stereocenters. The Balaban J connectivity index is 2.41. The molecule has 1 unspecified atom stereocenters. The van der Waals surface area contributed by atoms with Gasteiger partial charge in [-0.1, -0.05) is 58.6 Å². The normalized spacial score (nSPS) is 12.2. The zero-order valence-electron chi connectivity index (χ0n) is 14.8. The lowest BCUT2D eigenvalue weighted by atomic mass is 9.97. The molecule has 0 radical (unpaired) electrons. The Morgan fingerprint density at radius 1 is 1.15 bits per heavy atom. The van der Waals surface area contributed by atoms with Crippen molar-refractivity contribution < 1.29 is 9.84 Å². The lowest BCUT2D eigenvalue weighted by molar-refractivity contribution is 0.373. The van der Waals surface area contributed by atoms with Gasteiger partial charge in [0.2, 0.25) is 0 Å². The summed E-state index contributed by atoms with van der Waals surface area (Å²) in [6, 6.07) is 11.0. The van der Waals surface area contributed by atoms with E-state index in [9.17, 15) is 5.11 Å². The number of aliphatic imine (C=N–C) groups is 1. The van der Waals surface area contributed by atoms with Gasteiger partial charge < -0.3 is 9.84 Å². The minimum Gasteiger partial charge on any atom is -0.504 e. The highest BCUT2D eigenvalue weighted by Gasteiger charge is 2.16. The average molecular weight is 413 g/mol. The maximum absolute atomic E-state index is 9.71. The zero-order chi connectivity index (χ0) is 19.3. The fraction of sp³-hybridized carbons (Fsp3) is 0.250. The third kappa shape index (κ3) is 5.41. The van der Waals surface area contributed by atoms with Crippen LogP contribution in [0.3, 0.4) is 0 Å². The fourth-order valence-electron chi connectivity index (χ4n) is 2.56. The molecule has 0 fully saturated rings. The number of nitrogens with zero attached hydrogens (tertiary/aromatic N) is 1. The second-order valence-electron chi connectivity index (χ2n) is 5.95. The molecular formula is C20H20Cl3NO2. The van der Waals surface area contributed by atoms with Gasteiger partial charge in [0, 0.05) is 12.6 Å². The van der Waals surface area contributed by atoms with Gasteiger partial charge in [0.25, 0.3) is 0 Å². The monoisotopic (exact) mass is 411 g/mol. The third-order valence-electron chi connectivity index (χ3n) is 3.98. The second-order valence-corrected chi connectivity index (χ2v) is 7.36. The average Bonchev–Trinajstić information content (AvgIpc) is 2.61. The van der Waals surface area contributed by atoms with Crippen LogP contribution in [0.25, 0.3) is 0 Å². The molecule has 0 aliphatic heterocycles. The van der Waals surface area contributed by atoms with Crippen LogP contribution in [0.15, 0.2) is 50.9 Å². The van der Waals surface area contributed by atoms with Crippen LogP contribution in [-0.4, -0.2) is 18.4 Å². The molecule has 6 heteroatoms. The minimum absolute atomic E-state index is 0.0449. The van der Waals surface area contributed by atoms with Crippen LogP contribution in [0.1, 0.15) is 34.7 Å². The van der Waals surface area contributed by atoms with E-state index in [0.29, 0.717) is 17.2 Å². The Hall–Kier alpha value is -1.68. The standard InChI is InChI=1S/C20H20Cl3NO2/c1-12-4-5-13(2)15(8-12)17(10-16(21)20(22)23)24-11-14-6-7-18(25)19(9-14)26-3/h4-9,11,17,25H,10H2,1-3H3. The van der Waals surface area contributed by atoms with E-state index in [1.807, 2.05) is 13.8 Å². The Bertz CT molecular complexity index is 843. The van der Waals surface area contributed by atoms with E-state index in [1.165, 1.54) is 7.11 Å². The Labute approximate surface area is 168 Å². The number of hydrogen-bond donors (Lipinski definition) is 1. The molecule has 2 rings (SSSR count). The summed E-state index contributed by atoms with van der Waals surface area (Å²) in [5, 5.41) is 10.1. The molecule has 0 spiro atoms. The predicted octanol–water partition coefficient (Wildman–Crippen LogP) is 6.45. The van der Waals surface area contributed by atoms with Crippen LogP contribution >= 0.6 is 34.8 Å². The summed E-state index contributed by atoms with van der Waals surface area (Å²) in [5.74, 6) is 0.467. The highest BCUT2D eigenvalue weighted by Crippen LogP contribution is 2.33. The van der Waals surface area contributed by atoms with Crippen molar-refractivity contribution in [1.82, 2.24) is 0 Å². The first kappa shape index (κ1) is 20.6. The van der Waals surface area contributed by atoms with E-state index >= 15 is 0 Å². The molecular weight excluding hydrogens is 393 g/mol. The molecule has 138 valence electrons. The van der Waals surface area contributed by atoms with Crippen molar-refractivity contribution >= 4 is 41.0 Å². The van der Waals surface area contributed by atoms with Crippen molar-refractivity contribution in [3.05, 3.63) is 68.2 Å². The number of aryl methyl sites for hydroxylation is 2. The summed E-state index contributed by atoms with van der Waals surface area (Å²) < 4.78 is 5.18. The number of benzene rings is 2. The fourth-order valence-corrected chi connectivity index (χ4v) is 2.86. The number of rotatable bonds is 6. The molecule has 3 nitrogen and oxygen atoms in total. The number of halogens is 3. The molecule has 0 aliphatic carbocycles. The molecule has 0 saturated carbocycles. The van der Waals surface area contributed by atoms with Crippen molar-refractivity contribution in [2.24, 2.45) is 4.99 Å². The van der Waals surface area contributed by atoms with Gasteiger partial charge in [-0.25, -0.2) is 0 Å². The first-order valence-corrected chi connectivity index (χ1v) is 9.12. The number of hydrogen-bond acceptors (Lipinski definition) is 3. The van der Waals surface area contributed by atoms with Crippen molar-refractivity contribution in [1.29, 1.82) is 0 Å². The third-order valence-corrected chi connectivity index (χ3v) is 4.97. The molecule has 0 aromatic heterocycles. The molecule has 1 N–H and O–H groups in total. The summed E-state index contributed by atoms with van der Waals surface area (Å²) in [7, 11) is 1.50. The van der Waals surface area contributed by atoms with Gasteiger partial charge in [-0.15, -0.1) is 0 Å². The molecule has 2 aromatic rings. The van der Waals surface area contributed by atoms with E-state index < -0.39 is 0 Å². The molecule has 0 bridgehead atoms. The second kappa shape index (κ2) is 9.31. The van der Waals surface area contributed by atoms with E-state index in [0.717, 1.165) is 22.3 Å². The van der Waals surface area contributed by atoms with Crippen LogP contribution in [-0.2, 0) is 0 Å². The van der Waals surface area contributed by atoms with Crippen LogP contribution in [0.2, 0.25) is 0 Å². The Morgan fingerprint density at radius 3 is 2.54 bits per heavy atom. The van der Waals surface area contributed by atoms with Gasteiger partial charge in [0.05, 0.1) is 18.2 Å². The van der Waals surface area contributed by atoms with Crippen LogP contribution in [0.5, 0.6) is 11.5 Å². The highest BCUT2D eigenvalue weighted by atomic mass is 35.5. The lowest BCUT2D eigenvalue weighted by Gasteiger charge is -2.16. The topological polar surface area (TPSA) is 41.8 Å². The molecule has 0 amide bonds. The summed E-state index contributed by atoms with van der Waals surface area (Å²) in [4.78, 5) is 4.70. The number of phenols is 1. The van der Waals surface area contributed by atoms with E-state index in [2.05, 4.69) is 18.2 Å². The van der Waals surface area contributed by atoms with Gasteiger partial charge in [0.15, 0.2) is 11.5 Å². The lowest BCUT2D eigenvalue weighted by Crippen LogP contribution is -2.01. The number of methoxy groups -OCH3 is 1. The maximum Gasteiger partial charge on any atom is 0.161 e. The highest BCUT2D eigenvalue weighted by molar-refractivity contribution is 6.59. The smallest absolute Gasteiger partial charge is 0.161 e. The zero-order valence-corrected chi connectivity index (χ0v) is 17.0. The molecule has 0 saturated heterocycles. The number of phenolic OH excluding ortho intramolecular Hbond substituents is 1. The first-order valence-electron chi connectivity index (χ1n) is 7.98. The predicted molar refractivity (Wildman–Crippen MR) is 110 cm³/mol. The quantitative estimate of drug-likeness (QED) is 0.554. The maximum atomic E-state index is 9.71. The molecule has 0 heterocycles. The van der Waals surface area contributed by atoms with E-state index in [1.54, 1.807) is 24.4 Å². The molecule has 26 heavy (non-hydrogen) atoms. The summed E-state index contributed by atoms with van der Waals surface area (Å²) >= 11 is 17.8. The number of aromatic hydroxyl groups is 1. The van der Waals surface area contributed by atoms with Gasteiger partial charge in [-0.2, -0.15) is 0 Å². The van der Waals surface area contributed by atoms with Crippen LogP contribution in [0.4, 0.5) is 0 Å². The van der Waals surface area contributed by atoms with Crippen LogP contribution in [0, 0.1) is 13.8 Å². The Morgan fingerprint density at radius 2 is 1.88 bits per heavy atom. The van der Waals surface area contributed by atoms with Crippen LogP contribution < -0.4 is 4.74 Å². The van der Waals surface area contributed by atoms with Gasteiger partial charge in [-0.3, -0.25) is 4.99 Å². The van der Waals surface area contributed by atoms with Gasteiger partial charge in [-0.05, 0) is 48.7 Å². The SMILES string of the molecule is COc1cc(C=NC(CC(Cl)=C(Cl)Cl)c2cc(C)ccc2C)ccc1O. The summed E-state index contributed by atoms with van der Waals surface area (Å²) in [6.07, 6.45) is 2.11. The summed E-state index contributed by atoms with van der Waals surface area (Å²) in [6.45, 7) is 4.06. The largest absolute Gasteiger partial charge is 0.504 e.